The Bertz CT molecular complexity index is 494. The molecule has 5 nitrogen and oxygen atoms in total. The molecule has 0 heterocycles. The van der Waals surface area contributed by atoms with Crippen LogP contribution in [0, 0.1) is 11.3 Å². The van der Waals surface area contributed by atoms with Gasteiger partial charge in [0.1, 0.15) is 6.07 Å². The molecule has 1 amide bonds. The molecule has 6 heteroatoms. The number of esters is 1. The SMILES string of the molecule is CC(=O)OCC(=O)Nc1cc(Cl)ccc1C#N. The summed E-state index contributed by atoms with van der Waals surface area (Å²) in [6, 6.07) is 6.40. The van der Waals surface area contributed by atoms with Crippen molar-refractivity contribution in [3.8, 4) is 6.07 Å². The van der Waals surface area contributed by atoms with E-state index in [1.54, 1.807) is 6.07 Å². The molecule has 1 rings (SSSR count). The molecule has 0 spiro atoms. The van der Waals surface area contributed by atoms with Gasteiger partial charge in [-0.05, 0) is 18.2 Å². The number of benzene rings is 1. The Morgan fingerprint density at radius 1 is 1.53 bits per heavy atom. The smallest absolute Gasteiger partial charge is 0.303 e. The number of halogens is 1. The molecule has 88 valence electrons. The second kappa shape index (κ2) is 5.87. The largest absolute Gasteiger partial charge is 0.456 e. The summed E-state index contributed by atoms with van der Waals surface area (Å²) in [7, 11) is 0. The normalized spacial score (nSPS) is 9.24. The third kappa shape index (κ3) is 4.13. The molecule has 0 saturated heterocycles. The van der Waals surface area contributed by atoms with E-state index in [1.165, 1.54) is 19.1 Å². The molecule has 0 bridgehead atoms. The van der Waals surface area contributed by atoms with E-state index in [9.17, 15) is 9.59 Å². The lowest BCUT2D eigenvalue weighted by atomic mass is 10.2. The predicted molar refractivity (Wildman–Crippen MR) is 61.4 cm³/mol. The molecule has 0 saturated carbocycles. The second-order valence-corrected chi connectivity index (χ2v) is 3.57. The zero-order chi connectivity index (χ0) is 12.8. The van der Waals surface area contributed by atoms with Crippen LogP contribution in [0.4, 0.5) is 5.69 Å². The third-order valence-electron chi connectivity index (χ3n) is 1.78. The van der Waals surface area contributed by atoms with Crippen LogP contribution >= 0.6 is 11.6 Å². The van der Waals surface area contributed by atoms with Crippen molar-refractivity contribution in [2.75, 3.05) is 11.9 Å². The van der Waals surface area contributed by atoms with Gasteiger partial charge in [0, 0.05) is 11.9 Å². The molecular weight excluding hydrogens is 244 g/mol. The van der Waals surface area contributed by atoms with Gasteiger partial charge < -0.3 is 10.1 Å². The maximum atomic E-state index is 11.4. The molecule has 0 aliphatic rings. The van der Waals surface area contributed by atoms with Gasteiger partial charge >= 0.3 is 5.97 Å². The Morgan fingerprint density at radius 3 is 2.82 bits per heavy atom. The van der Waals surface area contributed by atoms with Crippen LogP contribution in [0.1, 0.15) is 12.5 Å². The first-order valence-corrected chi connectivity index (χ1v) is 5.03. The molecular formula is C11H9ClN2O3. The van der Waals surface area contributed by atoms with Crippen molar-refractivity contribution in [3.63, 3.8) is 0 Å². The summed E-state index contributed by atoms with van der Waals surface area (Å²) in [5, 5.41) is 11.6. The molecule has 0 fully saturated rings. The third-order valence-corrected chi connectivity index (χ3v) is 2.02. The Labute approximate surface area is 103 Å². The van der Waals surface area contributed by atoms with Gasteiger partial charge in [-0.3, -0.25) is 9.59 Å². The number of carbonyl (C=O) groups is 2. The van der Waals surface area contributed by atoms with Crippen LogP contribution in [0.5, 0.6) is 0 Å². The van der Waals surface area contributed by atoms with E-state index in [1.807, 2.05) is 6.07 Å². The van der Waals surface area contributed by atoms with Crippen LogP contribution in [0.3, 0.4) is 0 Å². The van der Waals surface area contributed by atoms with Crippen LogP contribution in [0.2, 0.25) is 5.02 Å². The molecule has 0 aliphatic heterocycles. The van der Waals surface area contributed by atoms with Crippen molar-refractivity contribution in [2.24, 2.45) is 0 Å². The molecule has 0 unspecified atom stereocenters. The fraction of sp³-hybridized carbons (Fsp3) is 0.182. The van der Waals surface area contributed by atoms with Crippen LogP contribution in [0.25, 0.3) is 0 Å². The quantitative estimate of drug-likeness (QED) is 0.831. The van der Waals surface area contributed by atoms with Crippen LogP contribution in [-0.2, 0) is 14.3 Å². The summed E-state index contributed by atoms with van der Waals surface area (Å²) in [6.45, 7) is 0.806. The number of ether oxygens (including phenoxy) is 1. The summed E-state index contributed by atoms with van der Waals surface area (Å²) in [4.78, 5) is 21.9. The minimum atomic E-state index is -0.549. The number of anilines is 1. The van der Waals surface area contributed by atoms with E-state index < -0.39 is 18.5 Å². The highest BCUT2D eigenvalue weighted by atomic mass is 35.5. The van der Waals surface area contributed by atoms with Gasteiger partial charge in [0.05, 0.1) is 11.3 Å². The molecule has 1 N–H and O–H groups in total. The number of rotatable bonds is 3. The highest BCUT2D eigenvalue weighted by Crippen LogP contribution is 2.20. The lowest BCUT2D eigenvalue weighted by molar-refractivity contribution is -0.144. The number of nitriles is 1. The molecule has 0 radical (unpaired) electrons. The van der Waals surface area contributed by atoms with Crippen molar-refractivity contribution in [1.29, 1.82) is 5.26 Å². The van der Waals surface area contributed by atoms with E-state index in [0.717, 1.165) is 0 Å². The van der Waals surface area contributed by atoms with Crippen molar-refractivity contribution >= 4 is 29.2 Å². The van der Waals surface area contributed by atoms with E-state index in [2.05, 4.69) is 10.1 Å². The minimum Gasteiger partial charge on any atom is -0.456 e. The Morgan fingerprint density at radius 2 is 2.24 bits per heavy atom. The highest BCUT2D eigenvalue weighted by molar-refractivity contribution is 6.31. The maximum absolute atomic E-state index is 11.4. The van der Waals surface area contributed by atoms with Gasteiger partial charge in [-0.2, -0.15) is 5.26 Å². The average Bonchev–Trinajstić information content (AvgIpc) is 2.27. The maximum Gasteiger partial charge on any atom is 0.303 e. The molecule has 17 heavy (non-hydrogen) atoms. The molecule has 1 aromatic rings. The number of carbonyl (C=O) groups excluding carboxylic acids is 2. The van der Waals surface area contributed by atoms with Crippen molar-refractivity contribution in [1.82, 2.24) is 0 Å². The Kier molecular flexibility index (Phi) is 4.49. The number of hydrogen-bond donors (Lipinski definition) is 1. The lowest BCUT2D eigenvalue weighted by Gasteiger charge is -2.07. The van der Waals surface area contributed by atoms with Crippen molar-refractivity contribution < 1.29 is 14.3 Å². The van der Waals surface area contributed by atoms with Crippen LogP contribution in [-0.4, -0.2) is 18.5 Å². The first-order valence-electron chi connectivity index (χ1n) is 4.66. The number of nitrogens with zero attached hydrogens (tertiary/aromatic N) is 1. The second-order valence-electron chi connectivity index (χ2n) is 3.13. The van der Waals surface area contributed by atoms with Gasteiger partial charge in [0.2, 0.25) is 0 Å². The highest BCUT2D eigenvalue weighted by Gasteiger charge is 2.08. The van der Waals surface area contributed by atoms with Crippen molar-refractivity contribution in [3.05, 3.63) is 28.8 Å². The van der Waals surface area contributed by atoms with Crippen LogP contribution < -0.4 is 5.32 Å². The summed E-state index contributed by atoms with van der Waals surface area (Å²) in [5.41, 5.74) is 0.572. The van der Waals surface area contributed by atoms with E-state index in [0.29, 0.717) is 5.02 Å². The van der Waals surface area contributed by atoms with Crippen molar-refractivity contribution in [2.45, 2.75) is 6.92 Å². The van der Waals surface area contributed by atoms with E-state index in [-0.39, 0.29) is 11.3 Å². The standard InChI is InChI=1S/C11H9ClN2O3/c1-7(15)17-6-11(16)14-10-4-9(12)3-2-8(10)5-13/h2-4H,6H2,1H3,(H,14,16). The minimum absolute atomic E-state index is 0.283. The zero-order valence-corrected chi connectivity index (χ0v) is 9.75. The van der Waals surface area contributed by atoms with E-state index in [4.69, 9.17) is 16.9 Å². The fourth-order valence-electron chi connectivity index (χ4n) is 1.07. The summed E-state index contributed by atoms with van der Waals surface area (Å²) < 4.78 is 4.51. The molecule has 1 aromatic carbocycles. The van der Waals surface area contributed by atoms with E-state index >= 15 is 0 Å². The number of hydrogen-bond acceptors (Lipinski definition) is 4. The van der Waals surface area contributed by atoms with Gasteiger partial charge in [-0.15, -0.1) is 0 Å². The molecule has 0 aromatic heterocycles. The van der Waals surface area contributed by atoms with Gasteiger partial charge in [0.15, 0.2) is 6.61 Å². The first kappa shape index (κ1) is 13.0. The first-order chi connectivity index (χ1) is 8.02. The molecule has 0 aliphatic carbocycles. The van der Waals surface area contributed by atoms with Gasteiger partial charge in [-0.1, -0.05) is 11.6 Å². The zero-order valence-electron chi connectivity index (χ0n) is 8.99. The topological polar surface area (TPSA) is 79.2 Å². The predicted octanol–water partition coefficient (Wildman–Crippen LogP) is 1.71. The monoisotopic (exact) mass is 252 g/mol. The van der Waals surface area contributed by atoms with Crippen LogP contribution in [0.15, 0.2) is 18.2 Å². The summed E-state index contributed by atoms with van der Waals surface area (Å²) in [6.07, 6.45) is 0. The lowest BCUT2D eigenvalue weighted by Crippen LogP contribution is -2.20. The summed E-state index contributed by atoms with van der Waals surface area (Å²) >= 11 is 5.74. The van der Waals surface area contributed by atoms with Gasteiger partial charge in [-0.25, -0.2) is 0 Å². The average molecular weight is 253 g/mol. The summed E-state index contributed by atoms with van der Waals surface area (Å²) in [5.74, 6) is -1.08. The number of amides is 1. The van der Waals surface area contributed by atoms with Gasteiger partial charge in [0.25, 0.3) is 5.91 Å². The Balaban J connectivity index is 2.74. The number of nitrogens with one attached hydrogen (secondary N) is 1. The Hall–Kier alpha value is -2.06. The molecule has 0 atom stereocenters. The fourth-order valence-corrected chi connectivity index (χ4v) is 1.24.